The van der Waals surface area contributed by atoms with Gasteiger partial charge in [-0.15, -0.1) is 0 Å². The van der Waals surface area contributed by atoms with Crippen LogP contribution in [0.5, 0.6) is 0 Å². The highest BCUT2D eigenvalue weighted by atomic mass is 32.1. The van der Waals surface area contributed by atoms with Gasteiger partial charge < -0.3 is 11.1 Å². The Morgan fingerprint density at radius 3 is 2.64 bits per heavy atom. The van der Waals surface area contributed by atoms with Gasteiger partial charge in [0.1, 0.15) is 0 Å². The molecule has 3 nitrogen and oxygen atoms in total. The lowest BCUT2D eigenvalue weighted by molar-refractivity contribution is -0.120. The number of nitrogens with one attached hydrogen (secondary N) is 1. The molecule has 0 aliphatic carbocycles. The quantitative estimate of drug-likeness (QED) is 0.608. The van der Waals surface area contributed by atoms with Gasteiger partial charge >= 0.3 is 0 Å². The molecule has 0 aromatic heterocycles. The van der Waals surface area contributed by atoms with Crippen LogP contribution in [0.3, 0.4) is 0 Å². The molecular formula is C7H14N2OS. The zero-order valence-electron chi connectivity index (χ0n) is 6.89. The maximum absolute atomic E-state index is 10.7. The van der Waals surface area contributed by atoms with Gasteiger partial charge in [-0.3, -0.25) is 4.79 Å². The lowest BCUT2D eigenvalue weighted by Gasteiger charge is -2.09. The average molecular weight is 174 g/mol. The minimum absolute atomic E-state index is 0.0353. The highest BCUT2D eigenvalue weighted by Crippen LogP contribution is 1.91. The van der Waals surface area contributed by atoms with Crippen molar-refractivity contribution in [2.45, 2.75) is 20.3 Å². The van der Waals surface area contributed by atoms with Crippen molar-refractivity contribution in [3.05, 3.63) is 0 Å². The fourth-order valence-corrected chi connectivity index (χ4v) is 0.576. The second-order valence-corrected chi connectivity index (χ2v) is 2.93. The van der Waals surface area contributed by atoms with Crippen LogP contribution in [0, 0.1) is 5.92 Å². The largest absolute Gasteiger partial charge is 0.393 e. The Morgan fingerprint density at radius 1 is 1.73 bits per heavy atom. The van der Waals surface area contributed by atoms with E-state index in [9.17, 15) is 4.79 Å². The molecule has 11 heavy (non-hydrogen) atoms. The summed E-state index contributed by atoms with van der Waals surface area (Å²) in [4.78, 5) is 11.2. The molecule has 0 radical (unpaired) electrons. The summed E-state index contributed by atoms with van der Waals surface area (Å²) >= 11 is 4.73. The van der Waals surface area contributed by atoms with E-state index < -0.39 is 0 Å². The third-order valence-electron chi connectivity index (χ3n) is 1.41. The van der Waals surface area contributed by atoms with Crippen LogP contribution >= 0.6 is 12.2 Å². The fourth-order valence-electron chi connectivity index (χ4n) is 0.493. The summed E-state index contributed by atoms with van der Waals surface area (Å²) in [5, 5.41) is 2.71. The van der Waals surface area contributed by atoms with Crippen LogP contribution < -0.4 is 11.1 Å². The lowest BCUT2D eigenvalue weighted by Crippen LogP contribution is -2.33. The van der Waals surface area contributed by atoms with Crippen molar-refractivity contribution < 1.29 is 4.79 Å². The van der Waals surface area contributed by atoms with Crippen molar-refractivity contribution in [3.63, 3.8) is 0 Å². The highest BCUT2D eigenvalue weighted by molar-refractivity contribution is 7.80. The summed E-state index contributed by atoms with van der Waals surface area (Å²) in [7, 11) is 0. The molecule has 3 N–H and O–H groups in total. The van der Waals surface area contributed by atoms with Gasteiger partial charge in [0.25, 0.3) is 0 Å². The molecule has 1 atom stereocenters. The Kier molecular flexibility index (Phi) is 4.77. The number of nitrogens with two attached hydrogens (primary N) is 1. The predicted molar refractivity (Wildman–Crippen MR) is 49.3 cm³/mol. The number of hydrogen-bond donors (Lipinski definition) is 2. The van der Waals surface area contributed by atoms with Gasteiger partial charge in [-0.1, -0.05) is 26.1 Å². The van der Waals surface area contributed by atoms with Gasteiger partial charge in [0.2, 0.25) is 5.91 Å². The smallest absolute Gasteiger partial charge is 0.219 e. The molecule has 0 fully saturated rings. The molecule has 0 saturated carbocycles. The molecule has 0 aromatic rings. The molecule has 4 heteroatoms. The van der Waals surface area contributed by atoms with Gasteiger partial charge in [0.05, 0.1) is 4.99 Å². The monoisotopic (exact) mass is 174 g/mol. The third-order valence-corrected chi connectivity index (χ3v) is 1.81. The van der Waals surface area contributed by atoms with Gasteiger partial charge in [0, 0.05) is 18.9 Å². The number of amides is 1. The van der Waals surface area contributed by atoms with E-state index in [4.69, 9.17) is 18.0 Å². The van der Waals surface area contributed by atoms with E-state index in [1.807, 2.05) is 6.92 Å². The van der Waals surface area contributed by atoms with Crippen LogP contribution in [0.4, 0.5) is 0 Å². The minimum Gasteiger partial charge on any atom is -0.393 e. The van der Waals surface area contributed by atoms with Crippen molar-refractivity contribution >= 4 is 23.1 Å². The normalized spacial score (nSPS) is 12.2. The Hall–Kier alpha value is -0.640. The first-order valence-corrected chi connectivity index (χ1v) is 4.04. The van der Waals surface area contributed by atoms with E-state index in [0.717, 1.165) is 0 Å². The molecule has 0 aliphatic rings. The SMILES string of the molecule is CCC(=O)NCC(C)C(N)=S. The number of carbonyl (C=O) groups excluding carboxylic acids is 1. The fraction of sp³-hybridized carbons (Fsp3) is 0.714. The first-order valence-electron chi connectivity index (χ1n) is 3.64. The summed E-state index contributed by atoms with van der Waals surface area (Å²) in [5.41, 5.74) is 5.34. The van der Waals surface area contributed by atoms with E-state index in [-0.39, 0.29) is 11.8 Å². The standard InChI is InChI=1S/C7H14N2OS/c1-3-6(10)9-4-5(2)7(8)11/h5H,3-4H2,1-2H3,(H2,8,11)(H,9,10). The first kappa shape index (κ1) is 10.4. The topological polar surface area (TPSA) is 55.1 Å². The molecule has 0 bridgehead atoms. The van der Waals surface area contributed by atoms with E-state index in [1.54, 1.807) is 6.92 Å². The highest BCUT2D eigenvalue weighted by Gasteiger charge is 2.05. The zero-order chi connectivity index (χ0) is 8.85. The average Bonchev–Trinajstić information content (AvgIpc) is 1.99. The number of thiocarbonyl (C=S) groups is 1. The van der Waals surface area contributed by atoms with Gasteiger partial charge in [0.15, 0.2) is 0 Å². The Bertz CT molecular complexity index is 159. The minimum atomic E-state index is 0.0353. The molecule has 0 heterocycles. The number of hydrogen-bond acceptors (Lipinski definition) is 2. The summed E-state index contributed by atoms with van der Waals surface area (Å²) in [6, 6.07) is 0. The Labute approximate surface area is 72.3 Å². The maximum atomic E-state index is 10.7. The van der Waals surface area contributed by atoms with Crippen molar-refractivity contribution in [1.29, 1.82) is 0 Å². The van der Waals surface area contributed by atoms with Crippen molar-refractivity contribution in [1.82, 2.24) is 5.32 Å². The number of carbonyl (C=O) groups is 1. The predicted octanol–water partition coefficient (Wildman–Crippen LogP) is 0.435. The van der Waals surface area contributed by atoms with Crippen LogP contribution in [0.1, 0.15) is 20.3 Å². The van der Waals surface area contributed by atoms with E-state index in [2.05, 4.69) is 5.32 Å². The summed E-state index contributed by atoms with van der Waals surface area (Å²) in [5.74, 6) is 0.119. The van der Waals surface area contributed by atoms with E-state index in [0.29, 0.717) is 18.0 Å². The molecule has 64 valence electrons. The van der Waals surface area contributed by atoms with Crippen LogP contribution in [-0.2, 0) is 4.79 Å². The molecule has 1 unspecified atom stereocenters. The van der Waals surface area contributed by atoms with Crippen LogP contribution in [0.2, 0.25) is 0 Å². The van der Waals surface area contributed by atoms with Gasteiger partial charge in [-0.05, 0) is 0 Å². The second kappa shape index (κ2) is 5.07. The van der Waals surface area contributed by atoms with Gasteiger partial charge in [-0.2, -0.15) is 0 Å². The van der Waals surface area contributed by atoms with E-state index in [1.165, 1.54) is 0 Å². The molecule has 0 rings (SSSR count). The summed E-state index contributed by atoms with van der Waals surface area (Å²) in [6.07, 6.45) is 0.504. The molecule has 1 amide bonds. The zero-order valence-corrected chi connectivity index (χ0v) is 7.70. The molecule has 0 saturated heterocycles. The molecule has 0 aromatic carbocycles. The summed E-state index contributed by atoms with van der Waals surface area (Å²) in [6.45, 7) is 4.24. The first-order chi connectivity index (χ1) is 5.07. The van der Waals surface area contributed by atoms with Gasteiger partial charge in [-0.25, -0.2) is 0 Å². The van der Waals surface area contributed by atoms with Crippen LogP contribution in [0.15, 0.2) is 0 Å². The van der Waals surface area contributed by atoms with Crippen LogP contribution in [0.25, 0.3) is 0 Å². The molecule has 0 aliphatic heterocycles. The Balaban J connectivity index is 3.54. The second-order valence-electron chi connectivity index (χ2n) is 2.46. The molecular weight excluding hydrogens is 160 g/mol. The van der Waals surface area contributed by atoms with Crippen molar-refractivity contribution in [2.75, 3.05) is 6.54 Å². The van der Waals surface area contributed by atoms with Crippen LogP contribution in [-0.4, -0.2) is 17.4 Å². The van der Waals surface area contributed by atoms with Crippen molar-refractivity contribution in [3.8, 4) is 0 Å². The molecule has 0 spiro atoms. The maximum Gasteiger partial charge on any atom is 0.219 e. The third kappa shape index (κ3) is 4.72. The van der Waals surface area contributed by atoms with E-state index >= 15 is 0 Å². The summed E-state index contributed by atoms with van der Waals surface area (Å²) < 4.78 is 0. The Morgan fingerprint density at radius 2 is 2.27 bits per heavy atom. The lowest BCUT2D eigenvalue weighted by atomic mass is 10.2. The number of rotatable bonds is 4. The van der Waals surface area contributed by atoms with Crippen molar-refractivity contribution in [2.24, 2.45) is 11.7 Å².